The van der Waals surface area contributed by atoms with Gasteiger partial charge in [-0.1, -0.05) is 18.7 Å². The number of hydrogen-bond donors (Lipinski definition) is 0. The number of carbonyl (C=O) groups excluding carboxylic acids is 1. The van der Waals surface area contributed by atoms with Gasteiger partial charge in [-0.2, -0.15) is 9.97 Å². The van der Waals surface area contributed by atoms with Gasteiger partial charge < -0.3 is 19.4 Å². The summed E-state index contributed by atoms with van der Waals surface area (Å²) < 4.78 is 36.5. The SMILES string of the molecule is [C-]#[N+]C[C@H]1CN(c2nc(OC[C@@]34CCCN3C[C@H](F)C4)nc3c2CN(C)[C@@]2(CCCc4cccc(F)c42)C3)CCN1C(=O)C=C. The van der Waals surface area contributed by atoms with Crippen molar-refractivity contribution >= 4 is 11.7 Å². The lowest BCUT2D eigenvalue weighted by atomic mass is 9.70. The van der Waals surface area contributed by atoms with Crippen LogP contribution in [-0.2, 0) is 29.7 Å². The lowest BCUT2D eigenvalue weighted by Gasteiger charge is -2.50. The van der Waals surface area contributed by atoms with E-state index in [-0.39, 0.29) is 35.9 Å². The Morgan fingerprint density at radius 3 is 2.91 bits per heavy atom. The molecule has 7 rings (SSSR count). The van der Waals surface area contributed by atoms with Crippen molar-refractivity contribution in [3.05, 3.63) is 70.5 Å². The molecule has 3 saturated heterocycles. The zero-order valence-electron chi connectivity index (χ0n) is 26.0. The van der Waals surface area contributed by atoms with Crippen molar-refractivity contribution in [1.82, 2.24) is 24.7 Å². The molecule has 238 valence electrons. The van der Waals surface area contributed by atoms with E-state index in [2.05, 4.69) is 33.2 Å². The summed E-state index contributed by atoms with van der Waals surface area (Å²) >= 11 is 0. The van der Waals surface area contributed by atoms with Crippen molar-refractivity contribution < 1.29 is 18.3 Å². The quantitative estimate of drug-likeness (QED) is 0.360. The van der Waals surface area contributed by atoms with E-state index in [9.17, 15) is 9.18 Å². The highest BCUT2D eigenvalue weighted by atomic mass is 19.1. The molecule has 9 nitrogen and oxygen atoms in total. The van der Waals surface area contributed by atoms with Crippen LogP contribution in [0.5, 0.6) is 6.01 Å². The van der Waals surface area contributed by atoms with Gasteiger partial charge in [0, 0.05) is 56.7 Å². The number of benzene rings is 1. The summed E-state index contributed by atoms with van der Waals surface area (Å²) in [7, 11) is 2.06. The van der Waals surface area contributed by atoms with Crippen LogP contribution in [0.15, 0.2) is 30.9 Å². The number of alkyl halides is 1. The lowest BCUT2D eigenvalue weighted by molar-refractivity contribution is -0.128. The van der Waals surface area contributed by atoms with Crippen LogP contribution in [-0.4, -0.2) is 101 Å². The van der Waals surface area contributed by atoms with Crippen molar-refractivity contribution in [3.63, 3.8) is 0 Å². The van der Waals surface area contributed by atoms with E-state index < -0.39 is 11.7 Å². The number of fused-ring (bicyclic) bond motifs is 4. The minimum absolute atomic E-state index is 0.175. The van der Waals surface area contributed by atoms with Gasteiger partial charge >= 0.3 is 6.01 Å². The van der Waals surface area contributed by atoms with Gasteiger partial charge in [0.1, 0.15) is 30.5 Å². The third-order valence-corrected chi connectivity index (χ3v) is 11.0. The minimum atomic E-state index is -0.862. The van der Waals surface area contributed by atoms with E-state index in [4.69, 9.17) is 21.3 Å². The van der Waals surface area contributed by atoms with E-state index in [1.807, 2.05) is 6.07 Å². The summed E-state index contributed by atoms with van der Waals surface area (Å²) in [6.45, 7) is 14.9. The highest BCUT2D eigenvalue weighted by Gasteiger charge is 2.50. The van der Waals surface area contributed by atoms with Crippen molar-refractivity contribution in [3.8, 4) is 6.01 Å². The Morgan fingerprint density at radius 1 is 1.22 bits per heavy atom. The molecule has 0 unspecified atom stereocenters. The van der Waals surface area contributed by atoms with Crippen LogP contribution in [0.2, 0.25) is 0 Å². The second-order valence-corrected chi connectivity index (χ2v) is 13.5. The van der Waals surface area contributed by atoms with Gasteiger partial charge in [0.05, 0.1) is 16.8 Å². The van der Waals surface area contributed by atoms with Crippen molar-refractivity contribution in [2.45, 2.75) is 74.8 Å². The maximum absolute atomic E-state index is 15.6. The zero-order valence-corrected chi connectivity index (χ0v) is 26.0. The molecule has 4 aliphatic heterocycles. The summed E-state index contributed by atoms with van der Waals surface area (Å²) in [5.74, 6) is 0.373. The van der Waals surface area contributed by atoms with E-state index in [1.54, 1.807) is 17.0 Å². The third-order valence-electron chi connectivity index (χ3n) is 11.0. The normalized spacial score (nSPS) is 29.6. The number of aromatic nitrogens is 2. The molecule has 45 heavy (non-hydrogen) atoms. The Labute approximate surface area is 263 Å². The van der Waals surface area contributed by atoms with Gasteiger partial charge in [0.2, 0.25) is 12.5 Å². The fourth-order valence-electron chi connectivity index (χ4n) is 8.85. The van der Waals surface area contributed by atoms with E-state index in [0.717, 1.165) is 66.9 Å². The lowest BCUT2D eigenvalue weighted by Crippen LogP contribution is -2.57. The molecule has 0 bridgehead atoms. The number of likely N-dealkylation sites (N-methyl/N-ethyl adjacent to an activating group) is 1. The average Bonchev–Trinajstić information content (AvgIpc) is 3.56. The summed E-state index contributed by atoms with van der Waals surface area (Å²) in [5, 5.41) is 0. The predicted molar refractivity (Wildman–Crippen MR) is 166 cm³/mol. The monoisotopic (exact) mass is 617 g/mol. The van der Waals surface area contributed by atoms with Crippen molar-refractivity contribution in [2.24, 2.45) is 0 Å². The minimum Gasteiger partial charge on any atom is -0.461 e. The van der Waals surface area contributed by atoms with Gasteiger partial charge in [0.25, 0.3) is 0 Å². The Balaban J connectivity index is 1.27. The molecule has 1 aromatic carbocycles. The fourth-order valence-corrected chi connectivity index (χ4v) is 8.85. The molecule has 1 aromatic heterocycles. The molecule has 1 spiro atoms. The van der Waals surface area contributed by atoms with Crippen LogP contribution in [0.25, 0.3) is 4.85 Å². The Hall–Kier alpha value is -3.62. The number of nitrogens with zero attached hydrogens (tertiary/aromatic N) is 7. The number of halogens is 2. The van der Waals surface area contributed by atoms with E-state index in [1.165, 1.54) is 6.08 Å². The van der Waals surface area contributed by atoms with Gasteiger partial charge in [-0.15, -0.1) is 0 Å². The number of amides is 1. The number of piperazine rings is 1. The Morgan fingerprint density at radius 2 is 2.09 bits per heavy atom. The first-order valence-electron chi connectivity index (χ1n) is 16.2. The number of hydrogen-bond acceptors (Lipinski definition) is 7. The zero-order chi connectivity index (χ0) is 31.3. The van der Waals surface area contributed by atoms with Crippen LogP contribution < -0.4 is 9.64 Å². The number of anilines is 1. The second-order valence-electron chi connectivity index (χ2n) is 13.5. The molecule has 11 heteroatoms. The summed E-state index contributed by atoms with van der Waals surface area (Å²) in [4.78, 5) is 34.6. The molecule has 1 amide bonds. The van der Waals surface area contributed by atoms with Crippen molar-refractivity contribution in [1.29, 1.82) is 0 Å². The highest BCUT2D eigenvalue weighted by molar-refractivity contribution is 5.87. The number of carbonyl (C=O) groups is 1. The molecule has 5 heterocycles. The largest absolute Gasteiger partial charge is 0.461 e. The Kier molecular flexibility index (Phi) is 7.77. The van der Waals surface area contributed by atoms with Crippen LogP contribution in [0.3, 0.4) is 0 Å². The average molecular weight is 618 g/mol. The Bertz CT molecular complexity index is 1550. The maximum Gasteiger partial charge on any atom is 0.318 e. The molecule has 0 radical (unpaired) electrons. The maximum atomic E-state index is 15.6. The molecule has 5 aliphatic rings. The number of ether oxygens (including phenoxy) is 1. The first-order chi connectivity index (χ1) is 21.8. The molecule has 4 atom stereocenters. The smallest absolute Gasteiger partial charge is 0.318 e. The third kappa shape index (κ3) is 5.06. The molecule has 1 aliphatic carbocycles. The molecular formula is C34H41F2N7O2. The van der Waals surface area contributed by atoms with Gasteiger partial charge in [0.15, 0.2) is 0 Å². The summed E-state index contributed by atoms with van der Waals surface area (Å²) in [6.07, 6.45) is 5.93. The standard InChI is InChI=1S/C34H41F2N7O2/c1-4-29(44)43-15-14-41(20-25(43)18-37-2)31-26-21-40(3)34(12-6-9-23-8-5-10-27(36)30(23)34)17-28(26)38-32(39-31)45-22-33-11-7-13-42(33)19-24(35)16-33/h4-5,8,10,24-25H,1,6-7,9,11-22H2,3H3/t24-,25+,33+,34+/m1/s1. The number of aryl methyl sites for hydroxylation is 1. The van der Waals surface area contributed by atoms with Crippen LogP contribution >= 0.6 is 0 Å². The van der Waals surface area contributed by atoms with Crippen LogP contribution in [0.1, 0.15) is 54.5 Å². The fraction of sp³-hybridized carbons (Fsp3) is 0.588. The van der Waals surface area contributed by atoms with E-state index >= 15 is 4.39 Å². The number of rotatable bonds is 6. The first kappa shape index (κ1) is 30.1. The van der Waals surface area contributed by atoms with Gasteiger partial charge in [-0.3, -0.25) is 14.6 Å². The van der Waals surface area contributed by atoms with E-state index in [0.29, 0.717) is 52.2 Å². The van der Waals surface area contributed by atoms with Crippen LogP contribution in [0, 0.1) is 12.4 Å². The second kappa shape index (κ2) is 11.6. The van der Waals surface area contributed by atoms with Crippen molar-refractivity contribution in [2.75, 3.05) is 57.8 Å². The van der Waals surface area contributed by atoms with Gasteiger partial charge in [-0.25, -0.2) is 15.4 Å². The topological polar surface area (TPSA) is 69.4 Å². The molecule has 0 N–H and O–H groups in total. The van der Waals surface area contributed by atoms with Crippen LogP contribution in [0.4, 0.5) is 14.6 Å². The predicted octanol–water partition coefficient (Wildman–Crippen LogP) is 3.91. The summed E-state index contributed by atoms with van der Waals surface area (Å²) in [6, 6.07) is 5.33. The molecular weight excluding hydrogens is 576 g/mol. The summed E-state index contributed by atoms with van der Waals surface area (Å²) in [5.41, 5.74) is 2.74. The molecule has 2 aromatic rings. The first-order valence-corrected chi connectivity index (χ1v) is 16.2. The molecule has 0 saturated carbocycles. The molecule has 3 fully saturated rings. The highest BCUT2D eigenvalue weighted by Crippen LogP contribution is 2.48. The van der Waals surface area contributed by atoms with Gasteiger partial charge in [-0.05, 0) is 63.4 Å².